The summed E-state index contributed by atoms with van der Waals surface area (Å²) in [5.41, 5.74) is 1.79. The van der Waals surface area contributed by atoms with Crippen molar-refractivity contribution >= 4 is 35.8 Å². The highest BCUT2D eigenvalue weighted by Crippen LogP contribution is 2.14. The van der Waals surface area contributed by atoms with Gasteiger partial charge in [0, 0.05) is 38.7 Å². The third-order valence-corrected chi connectivity index (χ3v) is 5.03. The molecule has 1 aliphatic rings. The van der Waals surface area contributed by atoms with Gasteiger partial charge in [0.1, 0.15) is 12.4 Å². The summed E-state index contributed by atoms with van der Waals surface area (Å²) < 4.78 is 2.23. The summed E-state index contributed by atoms with van der Waals surface area (Å²) >= 11 is 0. The van der Waals surface area contributed by atoms with E-state index >= 15 is 0 Å². The molecular weight excluding hydrogens is 493 g/mol. The lowest BCUT2D eigenvalue weighted by atomic mass is 10.1. The Bertz CT molecular complexity index is 850. The van der Waals surface area contributed by atoms with Crippen molar-refractivity contribution in [2.75, 3.05) is 20.1 Å². The van der Waals surface area contributed by atoms with Crippen molar-refractivity contribution in [3.05, 3.63) is 47.0 Å². The second kappa shape index (κ2) is 12.5. The van der Waals surface area contributed by atoms with Crippen molar-refractivity contribution in [1.29, 1.82) is 0 Å². The van der Waals surface area contributed by atoms with E-state index in [1.54, 1.807) is 7.05 Å². The molecule has 1 aromatic heterocycles. The second-order valence-electron chi connectivity index (χ2n) is 7.15. The Kier molecular flexibility index (Phi) is 10.0. The molecule has 2 aromatic rings. The SMILES string of the molecule is CCNC(=NCc1nnc2n1CCCCC2)NCCc1cccc(C(=O)NC)c1.I. The molecule has 0 atom stereocenters. The largest absolute Gasteiger partial charge is 0.357 e. The fourth-order valence-electron chi connectivity index (χ4n) is 3.49. The minimum absolute atomic E-state index is 0. The summed E-state index contributed by atoms with van der Waals surface area (Å²) in [4.78, 5) is 16.5. The molecule has 30 heavy (non-hydrogen) atoms. The Labute approximate surface area is 195 Å². The number of nitrogens with zero attached hydrogens (tertiary/aromatic N) is 4. The molecular formula is C21H32IN7O. The summed E-state index contributed by atoms with van der Waals surface area (Å²) in [5.74, 6) is 2.71. The highest BCUT2D eigenvalue weighted by Gasteiger charge is 2.14. The van der Waals surface area contributed by atoms with Gasteiger partial charge in [0.15, 0.2) is 11.8 Å². The van der Waals surface area contributed by atoms with Crippen LogP contribution < -0.4 is 16.0 Å². The van der Waals surface area contributed by atoms with Crippen LogP contribution in [0, 0.1) is 0 Å². The first kappa shape index (κ1) is 24.1. The highest BCUT2D eigenvalue weighted by atomic mass is 127. The van der Waals surface area contributed by atoms with Crippen LogP contribution in [-0.2, 0) is 25.9 Å². The third-order valence-electron chi connectivity index (χ3n) is 5.03. The zero-order valence-corrected chi connectivity index (χ0v) is 20.1. The number of aliphatic imine (C=N–C) groups is 1. The van der Waals surface area contributed by atoms with Crippen LogP contribution in [0.3, 0.4) is 0 Å². The predicted octanol–water partition coefficient (Wildman–Crippen LogP) is 2.28. The molecule has 1 aromatic carbocycles. The molecule has 9 heteroatoms. The Hall–Kier alpha value is -2.17. The lowest BCUT2D eigenvalue weighted by molar-refractivity contribution is 0.0963. The monoisotopic (exact) mass is 525 g/mol. The van der Waals surface area contributed by atoms with Crippen molar-refractivity contribution in [3.63, 3.8) is 0 Å². The molecule has 2 heterocycles. The number of nitrogens with one attached hydrogen (secondary N) is 3. The van der Waals surface area contributed by atoms with Gasteiger partial charge < -0.3 is 20.5 Å². The normalized spacial score (nSPS) is 13.6. The molecule has 0 fully saturated rings. The Morgan fingerprint density at radius 3 is 2.87 bits per heavy atom. The van der Waals surface area contributed by atoms with Crippen molar-refractivity contribution in [1.82, 2.24) is 30.7 Å². The Morgan fingerprint density at radius 1 is 1.20 bits per heavy atom. The van der Waals surface area contributed by atoms with Gasteiger partial charge >= 0.3 is 0 Å². The number of halogens is 1. The van der Waals surface area contributed by atoms with Crippen molar-refractivity contribution in [2.45, 2.75) is 52.1 Å². The number of amides is 1. The molecule has 0 unspecified atom stereocenters. The molecule has 0 spiro atoms. The van der Waals surface area contributed by atoms with Crippen LogP contribution in [-0.4, -0.2) is 46.8 Å². The number of fused-ring (bicyclic) bond motifs is 1. The van der Waals surface area contributed by atoms with Crippen LogP contribution in [0.1, 0.15) is 53.8 Å². The highest BCUT2D eigenvalue weighted by molar-refractivity contribution is 14.0. The topological polar surface area (TPSA) is 96.2 Å². The zero-order valence-electron chi connectivity index (χ0n) is 17.8. The van der Waals surface area contributed by atoms with Gasteiger partial charge in [0.05, 0.1) is 0 Å². The molecule has 0 aliphatic carbocycles. The van der Waals surface area contributed by atoms with Gasteiger partial charge in [-0.1, -0.05) is 18.6 Å². The first-order valence-corrected chi connectivity index (χ1v) is 10.5. The molecule has 0 bridgehead atoms. The summed E-state index contributed by atoms with van der Waals surface area (Å²) in [6.45, 7) is 5.05. The summed E-state index contributed by atoms with van der Waals surface area (Å²) in [5, 5.41) is 18.0. The van der Waals surface area contributed by atoms with Crippen LogP contribution in [0.4, 0.5) is 0 Å². The van der Waals surface area contributed by atoms with E-state index in [2.05, 4.69) is 30.7 Å². The maximum atomic E-state index is 11.8. The number of aromatic nitrogens is 3. The molecule has 0 radical (unpaired) electrons. The number of hydrogen-bond donors (Lipinski definition) is 3. The number of rotatable bonds is 7. The fraction of sp³-hybridized carbons (Fsp3) is 0.524. The quantitative estimate of drug-likeness (QED) is 0.293. The van der Waals surface area contributed by atoms with E-state index in [4.69, 9.17) is 4.99 Å². The first-order valence-electron chi connectivity index (χ1n) is 10.5. The molecule has 8 nitrogen and oxygen atoms in total. The van der Waals surface area contributed by atoms with Gasteiger partial charge in [-0.3, -0.25) is 4.79 Å². The van der Waals surface area contributed by atoms with Gasteiger partial charge in [-0.15, -0.1) is 34.2 Å². The minimum Gasteiger partial charge on any atom is -0.357 e. The van der Waals surface area contributed by atoms with E-state index in [-0.39, 0.29) is 29.9 Å². The maximum absolute atomic E-state index is 11.8. The molecule has 0 saturated carbocycles. The van der Waals surface area contributed by atoms with E-state index in [0.29, 0.717) is 12.1 Å². The molecule has 1 amide bonds. The average Bonchev–Trinajstić information content (AvgIpc) is 2.97. The van der Waals surface area contributed by atoms with Gasteiger partial charge in [-0.05, 0) is 43.9 Å². The van der Waals surface area contributed by atoms with Crippen molar-refractivity contribution in [3.8, 4) is 0 Å². The summed E-state index contributed by atoms with van der Waals surface area (Å²) in [6.07, 6.45) is 5.42. The standard InChI is InChI=1S/C21H31N7O.HI/c1-3-23-21(24-12-11-16-8-7-9-17(14-16)20(29)22-2)25-15-19-27-26-18-10-5-4-6-13-28(18)19;/h7-9,14H,3-6,10-13,15H2,1-2H3,(H,22,29)(H2,23,24,25);1H. The van der Waals surface area contributed by atoms with Gasteiger partial charge in [0.25, 0.3) is 5.91 Å². The van der Waals surface area contributed by atoms with E-state index in [0.717, 1.165) is 55.6 Å². The molecule has 3 rings (SSSR count). The van der Waals surface area contributed by atoms with Gasteiger partial charge in [0.2, 0.25) is 0 Å². The van der Waals surface area contributed by atoms with Gasteiger partial charge in [-0.25, -0.2) is 4.99 Å². The summed E-state index contributed by atoms with van der Waals surface area (Å²) in [7, 11) is 1.64. The number of carbonyl (C=O) groups excluding carboxylic acids is 1. The molecule has 164 valence electrons. The van der Waals surface area contributed by atoms with Crippen LogP contribution in [0.5, 0.6) is 0 Å². The minimum atomic E-state index is -0.0675. The summed E-state index contributed by atoms with van der Waals surface area (Å²) in [6, 6.07) is 7.69. The van der Waals surface area contributed by atoms with Crippen LogP contribution >= 0.6 is 24.0 Å². The molecule has 1 aliphatic heterocycles. The van der Waals surface area contributed by atoms with E-state index in [1.165, 1.54) is 19.3 Å². The number of benzene rings is 1. The zero-order chi connectivity index (χ0) is 20.5. The van der Waals surface area contributed by atoms with Crippen molar-refractivity contribution < 1.29 is 4.79 Å². The fourth-order valence-corrected chi connectivity index (χ4v) is 3.49. The average molecular weight is 525 g/mol. The number of aryl methyl sites for hydroxylation is 1. The third kappa shape index (κ3) is 6.68. The lowest BCUT2D eigenvalue weighted by Gasteiger charge is -2.12. The smallest absolute Gasteiger partial charge is 0.251 e. The van der Waals surface area contributed by atoms with Crippen LogP contribution in [0.2, 0.25) is 0 Å². The van der Waals surface area contributed by atoms with Crippen molar-refractivity contribution in [2.24, 2.45) is 4.99 Å². The van der Waals surface area contributed by atoms with Crippen LogP contribution in [0.15, 0.2) is 29.3 Å². The number of hydrogen-bond acceptors (Lipinski definition) is 4. The first-order chi connectivity index (χ1) is 14.2. The van der Waals surface area contributed by atoms with Crippen LogP contribution in [0.25, 0.3) is 0 Å². The van der Waals surface area contributed by atoms with Gasteiger partial charge in [-0.2, -0.15) is 0 Å². The Morgan fingerprint density at radius 2 is 2.07 bits per heavy atom. The molecule has 3 N–H and O–H groups in total. The second-order valence-corrected chi connectivity index (χ2v) is 7.15. The molecule has 0 saturated heterocycles. The number of guanidine groups is 1. The Balaban J connectivity index is 0.00000320. The van der Waals surface area contributed by atoms with E-state index in [1.807, 2.05) is 31.2 Å². The van der Waals surface area contributed by atoms with E-state index in [9.17, 15) is 4.79 Å². The predicted molar refractivity (Wildman–Crippen MR) is 129 cm³/mol. The number of carbonyl (C=O) groups is 1. The van der Waals surface area contributed by atoms with E-state index < -0.39 is 0 Å². The maximum Gasteiger partial charge on any atom is 0.251 e. The lowest BCUT2D eigenvalue weighted by Crippen LogP contribution is -2.38.